The van der Waals surface area contributed by atoms with Crippen LogP contribution in [0.5, 0.6) is 0 Å². The van der Waals surface area contributed by atoms with Gasteiger partial charge in [0.25, 0.3) is 0 Å². The van der Waals surface area contributed by atoms with Crippen molar-refractivity contribution in [1.29, 1.82) is 0 Å². The Balaban J connectivity index is 2.52. The Bertz CT molecular complexity index is 470. The van der Waals surface area contributed by atoms with E-state index in [-0.39, 0.29) is 23.8 Å². The molecular formula is C16H24N2O2. The second-order valence-corrected chi connectivity index (χ2v) is 6.30. The molecule has 0 atom stereocenters. The second kappa shape index (κ2) is 6.55. The van der Waals surface area contributed by atoms with Crippen LogP contribution in [0.3, 0.4) is 0 Å². The van der Waals surface area contributed by atoms with Crippen molar-refractivity contribution >= 4 is 17.5 Å². The van der Waals surface area contributed by atoms with Gasteiger partial charge in [0.05, 0.1) is 0 Å². The second-order valence-electron chi connectivity index (χ2n) is 6.30. The van der Waals surface area contributed by atoms with Crippen molar-refractivity contribution in [2.24, 2.45) is 0 Å². The average molecular weight is 276 g/mol. The van der Waals surface area contributed by atoms with Crippen LogP contribution in [-0.4, -0.2) is 17.4 Å². The number of carbonyl (C=O) groups excluding carboxylic acids is 2. The number of hydrogen-bond acceptors (Lipinski definition) is 2. The lowest BCUT2D eigenvalue weighted by molar-refractivity contribution is -0.127. The molecule has 0 aliphatic carbocycles. The van der Waals surface area contributed by atoms with E-state index in [1.54, 1.807) is 0 Å². The topological polar surface area (TPSA) is 58.2 Å². The number of carbonyl (C=O) groups is 2. The third kappa shape index (κ3) is 5.87. The Morgan fingerprint density at radius 1 is 1.05 bits per heavy atom. The normalized spacial score (nSPS) is 11.3. The highest BCUT2D eigenvalue weighted by Gasteiger charge is 2.16. The summed E-state index contributed by atoms with van der Waals surface area (Å²) in [4.78, 5) is 23.4. The van der Waals surface area contributed by atoms with Gasteiger partial charge in [0.1, 0.15) is 6.42 Å². The van der Waals surface area contributed by atoms with Gasteiger partial charge in [-0.2, -0.15) is 0 Å². The molecule has 0 aliphatic rings. The van der Waals surface area contributed by atoms with Gasteiger partial charge in [-0.3, -0.25) is 9.59 Å². The molecule has 0 saturated carbocycles. The fraction of sp³-hybridized carbons (Fsp3) is 0.500. The quantitative estimate of drug-likeness (QED) is 0.830. The fourth-order valence-electron chi connectivity index (χ4n) is 1.76. The van der Waals surface area contributed by atoms with E-state index < -0.39 is 0 Å². The summed E-state index contributed by atoms with van der Waals surface area (Å²) in [6.07, 6.45) is -0.163. The summed E-state index contributed by atoms with van der Waals surface area (Å²) < 4.78 is 0. The molecule has 0 aliphatic heterocycles. The molecule has 4 nitrogen and oxygen atoms in total. The third-order valence-electron chi connectivity index (χ3n) is 2.70. The summed E-state index contributed by atoms with van der Waals surface area (Å²) in [6, 6.07) is 7.68. The zero-order valence-electron chi connectivity index (χ0n) is 12.9. The van der Waals surface area contributed by atoms with Crippen LogP contribution in [0.25, 0.3) is 0 Å². The van der Waals surface area contributed by atoms with Gasteiger partial charge in [0, 0.05) is 11.2 Å². The molecule has 0 bridgehead atoms. The third-order valence-corrected chi connectivity index (χ3v) is 2.70. The molecule has 0 saturated heterocycles. The highest BCUT2D eigenvalue weighted by atomic mass is 16.2. The Hall–Kier alpha value is -1.84. The van der Waals surface area contributed by atoms with Crippen molar-refractivity contribution < 1.29 is 9.59 Å². The van der Waals surface area contributed by atoms with E-state index >= 15 is 0 Å². The average Bonchev–Trinajstić information content (AvgIpc) is 2.26. The number of hydrogen-bond donors (Lipinski definition) is 2. The molecule has 0 aromatic heterocycles. The van der Waals surface area contributed by atoms with Gasteiger partial charge in [0.2, 0.25) is 11.8 Å². The molecule has 0 fully saturated rings. The first-order valence-corrected chi connectivity index (χ1v) is 6.88. The van der Waals surface area contributed by atoms with Crippen LogP contribution in [0.1, 0.15) is 52.5 Å². The molecule has 0 radical (unpaired) electrons. The van der Waals surface area contributed by atoms with Gasteiger partial charge in [-0.15, -0.1) is 0 Å². The predicted octanol–water partition coefficient (Wildman–Crippen LogP) is 3.05. The summed E-state index contributed by atoms with van der Waals surface area (Å²) in [5.74, 6) is -0.116. The highest BCUT2D eigenvalue weighted by Crippen LogP contribution is 2.17. The summed E-state index contributed by atoms with van der Waals surface area (Å²) in [6.45, 7) is 9.88. The lowest BCUT2D eigenvalue weighted by Crippen LogP contribution is -2.41. The first-order valence-electron chi connectivity index (χ1n) is 6.88. The van der Waals surface area contributed by atoms with Crippen LogP contribution in [0, 0.1) is 0 Å². The van der Waals surface area contributed by atoms with E-state index in [9.17, 15) is 9.59 Å². The zero-order chi connectivity index (χ0) is 15.3. The number of rotatable bonds is 4. The minimum Gasteiger partial charge on any atom is -0.351 e. The molecule has 2 amide bonds. The van der Waals surface area contributed by atoms with E-state index in [0.717, 1.165) is 0 Å². The Labute approximate surface area is 121 Å². The Morgan fingerprint density at radius 2 is 1.60 bits per heavy atom. The van der Waals surface area contributed by atoms with E-state index in [1.165, 1.54) is 5.56 Å². The number of nitrogens with one attached hydrogen (secondary N) is 2. The van der Waals surface area contributed by atoms with Crippen LogP contribution >= 0.6 is 0 Å². The lowest BCUT2D eigenvalue weighted by Gasteiger charge is -2.20. The van der Waals surface area contributed by atoms with Crippen LogP contribution in [0.4, 0.5) is 5.69 Å². The molecule has 0 spiro atoms. The predicted molar refractivity (Wildman–Crippen MR) is 81.7 cm³/mol. The molecule has 110 valence electrons. The minimum atomic E-state index is -0.323. The van der Waals surface area contributed by atoms with Gasteiger partial charge in [0.15, 0.2) is 0 Å². The summed E-state index contributed by atoms with van der Waals surface area (Å²) in [7, 11) is 0. The molecule has 20 heavy (non-hydrogen) atoms. The largest absolute Gasteiger partial charge is 0.351 e. The Kier molecular flexibility index (Phi) is 5.31. The monoisotopic (exact) mass is 276 g/mol. The molecule has 0 heterocycles. The standard InChI is InChI=1S/C16H24N2O2/c1-11(2)12-6-8-13(9-7-12)17-14(19)10-15(20)18-16(3,4)5/h6-9,11H,10H2,1-5H3,(H,17,19)(H,18,20). The van der Waals surface area contributed by atoms with Crippen molar-refractivity contribution in [2.45, 2.75) is 52.5 Å². The fourth-order valence-corrected chi connectivity index (χ4v) is 1.76. The number of benzene rings is 1. The highest BCUT2D eigenvalue weighted by molar-refractivity contribution is 6.03. The molecule has 4 heteroatoms. The van der Waals surface area contributed by atoms with Gasteiger partial charge in [-0.25, -0.2) is 0 Å². The van der Waals surface area contributed by atoms with Crippen molar-refractivity contribution in [2.75, 3.05) is 5.32 Å². The molecule has 1 rings (SSSR count). The number of amides is 2. The van der Waals surface area contributed by atoms with Gasteiger partial charge in [-0.1, -0.05) is 26.0 Å². The summed E-state index contributed by atoms with van der Waals surface area (Å²) in [5, 5.41) is 5.49. The van der Waals surface area contributed by atoms with Crippen LogP contribution in [-0.2, 0) is 9.59 Å². The van der Waals surface area contributed by atoms with Crippen LogP contribution in [0.2, 0.25) is 0 Å². The van der Waals surface area contributed by atoms with E-state index in [0.29, 0.717) is 11.6 Å². The van der Waals surface area contributed by atoms with E-state index in [2.05, 4.69) is 24.5 Å². The van der Waals surface area contributed by atoms with Crippen molar-refractivity contribution in [3.05, 3.63) is 29.8 Å². The zero-order valence-corrected chi connectivity index (χ0v) is 12.9. The van der Waals surface area contributed by atoms with Crippen molar-refractivity contribution in [1.82, 2.24) is 5.32 Å². The summed E-state index contributed by atoms with van der Waals surface area (Å²) >= 11 is 0. The first-order chi connectivity index (χ1) is 9.17. The van der Waals surface area contributed by atoms with E-state index in [1.807, 2.05) is 45.0 Å². The van der Waals surface area contributed by atoms with Crippen molar-refractivity contribution in [3.63, 3.8) is 0 Å². The molecule has 2 N–H and O–H groups in total. The maximum absolute atomic E-state index is 11.8. The van der Waals surface area contributed by atoms with E-state index in [4.69, 9.17) is 0 Å². The first kappa shape index (κ1) is 16.2. The van der Waals surface area contributed by atoms with Crippen LogP contribution in [0.15, 0.2) is 24.3 Å². The van der Waals surface area contributed by atoms with Gasteiger partial charge >= 0.3 is 0 Å². The molecule has 0 unspecified atom stereocenters. The van der Waals surface area contributed by atoms with Crippen molar-refractivity contribution in [3.8, 4) is 0 Å². The molecule has 1 aromatic carbocycles. The summed E-state index contributed by atoms with van der Waals surface area (Å²) in [5.41, 5.74) is 1.60. The molecule has 1 aromatic rings. The SMILES string of the molecule is CC(C)c1ccc(NC(=O)CC(=O)NC(C)(C)C)cc1. The van der Waals surface area contributed by atoms with Gasteiger partial charge < -0.3 is 10.6 Å². The van der Waals surface area contributed by atoms with Gasteiger partial charge in [-0.05, 0) is 44.4 Å². The minimum absolute atomic E-state index is 0.163. The Morgan fingerprint density at radius 3 is 2.05 bits per heavy atom. The van der Waals surface area contributed by atoms with Crippen LogP contribution < -0.4 is 10.6 Å². The lowest BCUT2D eigenvalue weighted by atomic mass is 10.0. The maximum atomic E-state index is 11.8. The molecular weight excluding hydrogens is 252 g/mol. The smallest absolute Gasteiger partial charge is 0.233 e. The maximum Gasteiger partial charge on any atom is 0.233 e. The number of anilines is 1.